The Hall–Kier alpha value is -2.39. The number of nitriles is 1. The van der Waals surface area contributed by atoms with Gasteiger partial charge in [-0.3, -0.25) is 9.80 Å². The molecule has 1 saturated heterocycles. The van der Waals surface area contributed by atoms with Gasteiger partial charge in [0.05, 0.1) is 18.1 Å². The molecule has 0 aliphatic carbocycles. The molecule has 1 heterocycles. The maximum absolute atomic E-state index is 10.1. The minimum Gasteiger partial charge on any atom is -0.492 e. The molecule has 1 fully saturated rings. The van der Waals surface area contributed by atoms with E-state index in [1.165, 1.54) is 5.56 Å². The summed E-state index contributed by atoms with van der Waals surface area (Å²) in [7, 11) is 0. The number of ether oxygens (including phenoxy) is 1. The Kier molecular flexibility index (Phi) is 9.31. The second kappa shape index (κ2) is 12.2. The van der Waals surface area contributed by atoms with Gasteiger partial charge in [-0.05, 0) is 49.9 Å². The first-order chi connectivity index (χ1) is 16.0. The predicted molar refractivity (Wildman–Crippen MR) is 133 cm³/mol. The van der Waals surface area contributed by atoms with Crippen molar-refractivity contribution in [1.82, 2.24) is 9.80 Å². The number of piperazine rings is 1. The van der Waals surface area contributed by atoms with E-state index in [0.29, 0.717) is 6.61 Å². The van der Waals surface area contributed by atoms with Crippen molar-refractivity contribution >= 4 is 0 Å². The van der Waals surface area contributed by atoms with Crippen LogP contribution in [0.25, 0.3) is 0 Å². The molecule has 5 nitrogen and oxygen atoms in total. The van der Waals surface area contributed by atoms with E-state index in [9.17, 15) is 10.4 Å². The van der Waals surface area contributed by atoms with Gasteiger partial charge in [-0.1, -0.05) is 61.9 Å². The quantitative estimate of drug-likeness (QED) is 0.556. The Morgan fingerprint density at radius 2 is 1.82 bits per heavy atom. The number of aliphatic hydroxyl groups excluding tert-OH is 1. The summed E-state index contributed by atoms with van der Waals surface area (Å²) in [5, 5.41) is 20.2. The number of hydrogen-bond donors (Lipinski definition) is 1. The number of aliphatic hydroxyl groups is 1. The molecule has 0 saturated carbocycles. The average Bonchev–Trinajstić information content (AvgIpc) is 2.84. The summed E-state index contributed by atoms with van der Waals surface area (Å²) in [6.07, 6.45) is 1.77. The van der Waals surface area contributed by atoms with E-state index < -0.39 is 5.41 Å². The molecule has 1 aliphatic rings. The van der Waals surface area contributed by atoms with Gasteiger partial charge in [-0.2, -0.15) is 5.26 Å². The van der Waals surface area contributed by atoms with E-state index in [1.807, 2.05) is 30.3 Å². The molecule has 1 N–H and O–H groups in total. The predicted octanol–water partition coefficient (Wildman–Crippen LogP) is 4.25. The highest BCUT2D eigenvalue weighted by Gasteiger charge is 2.36. The molecule has 178 valence electrons. The fraction of sp³-hybridized carbons (Fsp3) is 0.536. The molecule has 0 aromatic heterocycles. The van der Waals surface area contributed by atoms with Crippen molar-refractivity contribution in [3.8, 4) is 11.8 Å². The van der Waals surface area contributed by atoms with Crippen molar-refractivity contribution in [1.29, 1.82) is 5.26 Å². The molecule has 2 unspecified atom stereocenters. The second-order valence-electron chi connectivity index (χ2n) is 9.54. The Balaban J connectivity index is 1.48. The van der Waals surface area contributed by atoms with Gasteiger partial charge < -0.3 is 9.84 Å². The summed E-state index contributed by atoms with van der Waals surface area (Å²) >= 11 is 0. The topological polar surface area (TPSA) is 59.7 Å². The van der Waals surface area contributed by atoms with Crippen LogP contribution in [0.2, 0.25) is 0 Å². The first-order valence-corrected chi connectivity index (χ1v) is 12.2. The lowest BCUT2D eigenvalue weighted by molar-refractivity contribution is 0.0329. The SMILES string of the molecule is Cc1ccc(OCCN2CCN(CCCC(C#N)(c3ccccc3)C(C)C)C(CO)C2)cc1. The third kappa shape index (κ3) is 6.57. The Bertz CT molecular complexity index is 878. The summed E-state index contributed by atoms with van der Waals surface area (Å²) in [5.74, 6) is 1.14. The Labute approximate surface area is 199 Å². The van der Waals surface area contributed by atoms with E-state index in [1.54, 1.807) is 0 Å². The van der Waals surface area contributed by atoms with E-state index >= 15 is 0 Å². The van der Waals surface area contributed by atoms with Gasteiger partial charge in [-0.15, -0.1) is 0 Å². The summed E-state index contributed by atoms with van der Waals surface area (Å²) in [6.45, 7) is 11.7. The van der Waals surface area contributed by atoms with Gasteiger partial charge >= 0.3 is 0 Å². The first-order valence-electron chi connectivity index (χ1n) is 12.2. The number of rotatable bonds is 11. The zero-order chi connectivity index (χ0) is 23.7. The smallest absolute Gasteiger partial charge is 0.119 e. The fourth-order valence-corrected chi connectivity index (χ4v) is 4.87. The van der Waals surface area contributed by atoms with Crippen LogP contribution in [0.15, 0.2) is 54.6 Å². The monoisotopic (exact) mass is 449 g/mol. The lowest BCUT2D eigenvalue weighted by atomic mass is 9.70. The van der Waals surface area contributed by atoms with Crippen LogP contribution in [-0.2, 0) is 5.41 Å². The maximum atomic E-state index is 10.1. The van der Waals surface area contributed by atoms with E-state index in [4.69, 9.17) is 4.74 Å². The lowest BCUT2D eigenvalue weighted by Crippen LogP contribution is -2.55. The van der Waals surface area contributed by atoms with Crippen LogP contribution in [-0.4, -0.2) is 66.9 Å². The van der Waals surface area contributed by atoms with Crippen LogP contribution >= 0.6 is 0 Å². The Morgan fingerprint density at radius 1 is 1.09 bits per heavy atom. The molecule has 33 heavy (non-hydrogen) atoms. The molecule has 5 heteroatoms. The Morgan fingerprint density at radius 3 is 2.45 bits per heavy atom. The van der Waals surface area contributed by atoms with Crippen molar-refractivity contribution in [3.63, 3.8) is 0 Å². The molecule has 0 radical (unpaired) electrons. The third-order valence-electron chi connectivity index (χ3n) is 7.09. The molecule has 2 atom stereocenters. The van der Waals surface area contributed by atoms with E-state index in [-0.39, 0.29) is 18.6 Å². The zero-order valence-corrected chi connectivity index (χ0v) is 20.4. The molecule has 2 aromatic rings. The van der Waals surface area contributed by atoms with Crippen molar-refractivity contribution < 1.29 is 9.84 Å². The van der Waals surface area contributed by atoms with Gasteiger partial charge in [0.15, 0.2) is 0 Å². The van der Waals surface area contributed by atoms with Gasteiger partial charge in [0.25, 0.3) is 0 Å². The highest BCUT2D eigenvalue weighted by molar-refractivity contribution is 5.33. The van der Waals surface area contributed by atoms with Crippen molar-refractivity contribution in [2.75, 3.05) is 45.9 Å². The molecule has 3 rings (SSSR count). The summed E-state index contributed by atoms with van der Waals surface area (Å²) in [6, 6.07) is 21.1. The summed E-state index contributed by atoms with van der Waals surface area (Å²) in [4.78, 5) is 4.77. The largest absolute Gasteiger partial charge is 0.492 e. The molecular formula is C28H39N3O2. The molecular weight excluding hydrogens is 410 g/mol. The van der Waals surface area contributed by atoms with Gasteiger partial charge in [-0.25, -0.2) is 0 Å². The van der Waals surface area contributed by atoms with Gasteiger partial charge in [0.2, 0.25) is 0 Å². The third-order valence-corrected chi connectivity index (χ3v) is 7.09. The molecule has 0 amide bonds. The first kappa shape index (κ1) is 25.2. The van der Waals surface area contributed by atoms with Crippen LogP contribution in [0.3, 0.4) is 0 Å². The van der Waals surface area contributed by atoms with Crippen LogP contribution in [0.4, 0.5) is 0 Å². The van der Waals surface area contributed by atoms with E-state index in [0.717, 1.165) is 56.9 Å². The van der Waals surface area contributed by atoms with Crippen molar-refractivity contribution in [2.45, 2.75) is 45.1 Å². The normalized spacial score (nSPS) is 19.2. The van der Waals surface area contributed by atoms with Crippen LogP contribution in [0.5, 0.6) is 5.75 Å². The minimum atomic E-state index is -0.467. The maximum Gasteiger partial charge on any atom is 0.119 e. The highest BCUT2D eigenvalue weighted by atomic mass is 16.5. The van der Waals surface area contributed by atoms with Crippen LogP contribution in [0, 0.1) is 24.2 Å². The fourth-order valence-electron chi connectivity index (χ4n) is 4.87. The number of nitrogens with zero attached hydrogens (tertiary/aromatic N) is 3. The average molecular weight is 450 g/mol. The summed E-state index contributed by atoms with van der Waals surface area (Å²) in [5.41, 5.74) is 1.87. The van der Waals surface area contributed by atoms with Crippen molar-refractivity contribution in [2.24, 2.45) is 5.92 Å². The summed E-state index contributed by atoms with van der Waals surface area (Å²) < 4.78 is 5.89. The second-order valence-corrected chi connectivity index (χ2v) is 9.54. The van der Waals surface area contributed by atoms with Gasteiger partial charge in [0.1, 0.15) is 12.4 Å². The van der Waals surface area contributed by atoms with Crippen molar-refractivity contribution in [3.05, 3.63) is 65.7 Å². The molecule has 0 spiro atoms. The zero-order valence-electron chi connectivity index (χ0n) is 20.4. The number of hydrogen-bond acceptors (Lipinski definition) is 5. The molecule has 0 bridgehead atoms. The number of aryl methyl sites for hydroxylation is 1. The lowest BCUT2D eigenvalue weighted by Gasteiger charge is -2.41. The van der Waals surface area contributed by atoms with Gasteiger partial charge in [0, 0.05) is 32.2 Å². The standard InChI is InChI=1S/C28H39N3O2/c1-23(2)28(22-29,25-8-5-4-6-9-25)14-7-15-31-17-16-30(20-26(31)21-32)18-19-33-27-12-10-24(3)11-13-27/h4-6,8-13,23,26,32H,7,14-21H2,1-3H3. The minimum absolute atomic E-state index is 0.130. The highest BCUT2D eigenvalue weighted by Crippen LogP contribution is 2.36. The number of benzene rings is 2. The van der Waals surface area contributed by atoms with Crippen LogP contribution in [0.1, 0.15) is 37.8 Å². The molecule has 1 aliphatic heterocycles. The van der Waals surface area contributed by atoms with E-state index in [2.05, 4.69) is 60.9 Å². The van der Waals surface area contributed by atoms with Crippen LogP contribution < -0.4 is 4.74 Å². The molecule has 2 aromatic carbocycles.